The van der Waals surface area contributed by atoms with Gasteiger partial charge in [-0.1, -0.05) is 90.4 Å². The highest BCUT2D eigenvalue weighted by Gasteiger charge is 2.33. The Morgan fingerprint density at radius 2 is 1.25 bits per heavy atom. The van der Waals surface area contributed by atoms with Crippen LogP contribution in [0.2, 0.25) is 0 Å². The van der Waals surface area contributed by atoms with E-state index in [1.165, 1.54) is 83.5 Å². The lowest BCUT2D eigenvalue weighted by Gasteiger charge is -2.39. The molecule has 3 heteroatoms. The Bertz CT molecular complexity index is 294. The van der Waals surface area contributed by atoms with Gasteiger partial charge in [0.2, 0.25) is 0 Å². The predicted octanol–water partition coefficient (Wildman–Crippen LogP) is 5.95. The molecule has 1 aliphatic rings. The Morgan fingerprint density at radius 1 is 0.792 bits per heavy atom. The first-order valence-electron chi connectivity index (χ1n) is 10.6. The van der Waals surface area contributed by atoms with E-state index in [4.69, 9.17) is 15.2 Å². The molecule has 0 bridgehead atoms. The lowest BCUT2D eigenvalue weighted by Crippen LogP contribution is -2.52. The molecule has 24 heavy (non-hydrogen) atoms. The normalized spacial score (nSPS) is 23.5. The van der Waals surface area contributed by atoms with Crippen molar-refractivity contribution in [2.45, 2.75) is 129 Å². The summed E-state index contributed by atoms with van der Waals surface area (Å²) < 4.78 is 11.5. The lowest BCUT2D eigenvalue weighted by atomic mass is 10.0. The van der Waals surface area contributed by atoms with Crippen LogP contribution in [-0.4, -0.2) is 24.5 Å². The van der Waals surface area contributed by atoms with E-state index in [2.05, 4.69) is 6.92 Å². The van der Waals surface area contributed by atoms with Crippen molar-refractivity contribution in [3.05, 3.63) is 0 Å². The largest absolute Gasteiger partial charge is 0.349 e. The van der Waals surface area contributed by atoms with Crippen molar-refractivity contribution < 1.29 is 9.47 Å². The Labute approximate surface area is 151 Å². The first-order valence-corrected chi connectivity index (χ1v) is 10.6. The number of unbranched alkanes of at least 4 members (excludes halogenated alkanes) is 12. The fourth-order valence-electron chi connectivity index (χ4n) is 3.53. The minimum atomic E-state index is -0.461. The van der Waals surface area contributed by atoms with Crippen LogP contribution in [0.25, 0.3) is 0 Å². The molecule has 1 saturated heterocycles. The molecule has 144 valence electrons. The van der Waals surface area contributed by atoms with Crippen molar-refractivity contribution in [2.75, 3.05) is 6.61 Å². The highest BCUT2D eigenvalue weighted by atomic mass is 16.7. The SMILES string of the molecule is CCCCCCCCCCCCCCC[C@H]1OC(C)(C)OC[C@@H]1N. The molecule has 0 aromatic carbocycles. The Balaban J connectivity index is 1.85. The van der Waals surface area contributed by atoms with Crippen molar-refractivity contribution in [3.63, 3.8) is 0 Å². The van der Waals surface area contributed by atoms with E-state index < -0.39 is 5.79 Å². The molecular weight excluding hydrogens is 298 g/mol. The van der Waals surface area contributed by atoms with Gasteiger partial charge in [-0.3, -0.25) is 0 Å². The van der Waals surface area contributed by atoms with Crippen molar-refractivity contribution >= 4 is 0 Å². The Kier molecular flexibility index (Phi) is 12.0. The van der Waals surface area contributed by atoms with E-state index in [0.29, 0.717) is 6.61 Å². The average Bonchev–Trinajstić information content (AvgIpc) is 2.55. The van der Waals surface area contributed by atoms with Gasteiger partial charge in [0.15, 0.2) is 5.79 Å². The standard InChI is InChI=1S/C21H43NO2/c1-4-5-6-7-8-9-10-11-12-13-14-15-16-17-20-19(22)18-23-21(2,3)24-20/h19-20H,4-18,22H2,1-3H3/t19-,20+/m0/s1. The average molecular weight is 342 g/mol. The lowest BCUT2D eigenvalue weighted by molar-refractivity contribution is -0.280. The highest BCUT2D eigenvalue weighted by molar-refractivity contribution is 4.80. The van der Waals surface area contributed by atoms with Crippen LogP contribution in [0.3, 0.4) is 0 Å². The summed E-state index contributed by atoms with van der Waals surface area (Å²) in [5, 5.41) is 0. The number of hydrogen-bond acceptors (Lipinski definition) is 3. The van der Waals surface area contributed by atoms with Gasteiger partial charge in [-0.05, 0) is 20.3 Å². The molecule has 0 amide bonds. The van der Waals surface area contributed by atoms with Gasteiger partial charge >= 0.3 is 0 Å². The number of hydrogen-bond donors (Lipinski definition) is 1. The first-order chi connectivity index (χ1) is 11.5. The molecule has 1 aliphatic heterocycles. The van der Waals surface area contributed by atoms with Crippen LogP contribution in [0.15, 0.2) is 0 Å². The summed E-state index contributed by atoms with van der Waals surface area (Å²) in [7, 11) is 0. The molecule has 1 heterocycles. The van der Waals surface area contributed by atoms with Crippen molar-refractivity contribution in [1.29, 1.82) is 0 Å². The molecule has 0 unspecified atom stereocenters. The molecule has 0 saturated carbocycles. The third kappa shape index (κ3) is 10.7. The van der Waals surface area contributed by atoms with Gasteiger partial charge in [-0.15, -0.1) is 0 Å². The van der Waals surface area contributed by atoms with Gasteiger partial charge in [0.25, 0.3) is 0 Å². The summed E-state index contributed by atoms with van der Waals surface area (Å²) in [4.78, 5) is 0. The number of rotatable bonds is 14. The van der Waals surface area contributed by atoms with Gasteiger partial charge in [-0.25, -0.2) is 0 Å². The van der Waals surface area contributed by atoms with E-state index in [1.807, 2.05) is 13.8 Å². The topological polar surface area (TPSA) is 44.5 Å². The molecule has 3 nitrogen and oxygen atoms in total. The smallest absolute Gasteiger partial charge is 0.163 e. The van der Waals surface area contributed by atoms with Gasteiger partial charge in [-0.2, -0.15) is 0 Å². The molecule has 1 rings (SSSR count). The summed E-state index contributed by atoms with van der Waals surface area (Å²) in [6.45, 7) is 6.87. The van der Waals surface area contributed by atoms with E-state index in [-0.39, 0.29) is 12.1 Å². The maximum Gasteiger partial charge on any atom is 0.163 e. The van der Waals surface area contributed by atoms with Gasteiger partial charge in [0, 0.05) is 0 Å². The zero-order valence-electron chi connectivity index (χ0n) is 16.7. The van der Waals surface area contributed by atoms with Crippen LogP contribution in [0.4, 0.5) is 0 Å². The molecule has 2 atom stereocenters. The second kappa shape index (κ2) is 13.1. The van der Waals surface area contributed by atoms with Crippen molar-refractivity contribution in [3.8, 4) is 0 Å². The Morgan fingerprint density at radius 3 is 1.75 bits per heavy atom. The molecular formula is C21H43NO2. The molecule has 0 radical (unpaired) electrons. The van der Waals surface area contributed by atoms with E-state index in [9.17, 15) is 0 Å². The van der Waals surface area contributed by atoms with Crippen LogP contribution < -0.4 is 5.73 Å². The van der Waals surface area contributed by atoms with Gasteiger partial charge < -0.3 is 15.2 Å². The monoisotopic (exact) mass is 341 g/mol. The van der Waals surface area contributed by atoms with E-state index in [1.54, 1.807) is 0 Å². The number of ether oxygens (including phenoxy) is 2. The predicted molar refractivity (Wildman–Crippen MR) is 103 cm³/mol. The molecule has 0 aromatic rings. The quantitative estimate of drug-likeness (QED) is 0.397. The molecule has 0 spiro atoms. The molecule has 0 aromatic heterocycles. The summed E-state index contributed by atoms with van der Waals surface area (Å²) in [5.41, 5.74) is 6.10. The van der Waals surface area contributed by atoms with Crippen LogP contribution >= 0.6 is 0 Å². The fourth-order valence-corrected chi connectivity index (χ4v) is 3.53. The van der Waals surface area contributed by atoms with Gasteiger partial charge in [0.05, 0.1) is 18.8 Å². The number of nitrogens with two attached hydrogens (primary N) is 1. The fraction of sp³-hybridized carbons (Fsp3) is 1.00. The summed E-state index contributed by atoms with van der Waals surface area (Å²) in [6, 6.07) is 0.0374. The van der Waals surface area contributed by atoms with Crippen LogP contribution in [0, 0.1) is 0 Å². The van der Waals surface area contributed by atoms with Crippen molar-refractivity contribution in [1.82, 2.24) is 0 Å². The van der Waals surface area contributed by atoms with Crippen molar-refractivity contribution in [2.24, 2.45) is 5.73 Å². The second-order valence-electron chi connectivity index (χ2n) is 8.06. The molecule has 1 fully saturated rings. The third-order valence-corrected chi connectivity index (χ3v) is 5.13. The maximum absolute atomic E-state index is 6.10. The second-order valence-corrected chi connectivity index (χ2v) is 8.06. The van der Waals surface area contributed by atoms with E-state index in [0.717, 1.165) is 6.42 Å². The van der Waals surface area contributed by atoms with Gasteiger partial charge in [0.1, 0.15) is 0 Å². The highest BCUT2D eigenvalue weighted by Crippen LogP contribution is 2.25. The zero-order chi connectivity index (χ0) is 17.7. The van der Waals surface area contributed by atoms with Crippen LogP contribution in [-0.2, 0) is 9.47 Å². The minimum Gasteiger partial charge on any atom is -0.349 e. The summed E-state index contributed by atoms with van der Waals surface area (Å²) in [6.07, 6.45) is 19.3. The summed E-state index contributed by atoms with van der Waals surface area (Å²) >= 11 is 0. The maximum atomic E-state index is 6.10. The first kappa shape index (κ1) is 21.9. The molecule has 0 aliphatic carbocycles. The summed E-state index contributed by atoms with van der Waals surface area (Å²) in [5.74, 6) is -0.461. The zero-order valence-corrected chi connectivity index (χ0v) is 16.7. The van der Waals surface area contributed by atoms with Crippen LogP contribution in [0.1, 0.15) is 111 Å². The minimum absolute atomic E-state index is 0.0374. The van der Waals surface area contributed by atoms with E-state index >= 15 is 0 Å². The Hall–Kier alpha value is -0.120. The third-order valence-electron chi connectivity index (χ3n) is 5.13. The molecule has 2 N–H and O–H groups in total. The van der Waals surface area contributed by atoms with Crippen LogP contribution in [0.5, 0.6) is 0 Å².